The van der Waals surface area contributed by atoms with Gasteiger partial charge in [-0.25, -0.2) is 0 Å². The van der Waals surface area contributed by atoms with Crippen LogP contribution >= 0.6 is 0 Å². The van der Waals surface area contributed by atoms with Gasteiger partial charge in [-0.15, -0.1) is 0 Å². The lowest BCUT2D eigenvalue weighted by Gasteiger charge is -2.35. The summed E-state index contributed by atoms with van der Waals surface area (Å²) in [4.78, 5) is 12.4. The first-order valence-corrected chi connectivity index (χ1v) is 6.88. The lowest BCUT2D eigenvalue weighted by Crippen LogP contribution is -2.41. The van der Waals surface area contributed by atoms with E-state index in [4.69, 9.17) is 5.73 Å². The van der Waals surface area contributed by atoms with Crippen molar-refractivity contribution in [2.45, 2.75) is 65.2 Å². The molecule has 1 rings (SSSR count). The maximum Gasteiger partial charge on any atom is 0.140 e. The molecular formula is C14H27NO. The Balaban J connectivity index is 2.54. The average molecular weight is 225 g/mol. The third kappa shape index (κ3) is 3.31. The Bertz CT molecular complexity index is 219. The van der Waals surface area contributed by atoms with Gasteiger partial charge in [0.15, 0.2) is 0 Å². The lowest BCUT2D eigenvalue weighted by atomic mass is 9.69. The third-order valence-corrected chi connectivity index (χ3v) is 4.11. The van der Waals surface area contributed by atoms with Gasteiger partial charge >= 0.3 is 0 Å². The van der Waals surface area contributed by atoms with Crippen LogP contribution in [0.4, 0.5) is 0 Å². The van der Waals surface area contributed by atoms with Crippen molar-refractivity contribution in [2.75, 3.05) is 6.54 Å². The van der Waals surface area contributed by atoms with Crippen LogP contribution in [0.25, 0.3) is 0 Å². The highest BCUT2D eigenvalue weighted by molar-refractivity contribution is 5.85. The number of hydrogen-bond donors (Lipinski definition) is 1. The molecule has 2 nitrogen and oxygen atoms in total. The molecule has 0 aromatic carbocycles. The number of hydrogen-bond acceptors (Lipinski definition) is 2. The van der Waals surface area contributed by atoms with Gasteiger partial charge in [0.1, 0.15) is 5.78 Å². The molecule has 16 heavy (non-hydrogen) atoms. The first-order valence-electron chi connectivity index (χ1n) is 6.88. The number of carbonyl (C=O) groups excluding carboxylic acids is 1. The molecule has 94 valence electrons. The quantitative estimate of drug-likeness (QED) is 0.753. The van der Waals surface area contributed by atoms with Crippen molar-refractivity contribution in [3.05, 3.63) is 0 Å². The normalized spacial score (nSPS) is 21.7. The Hall–Kier alpha value is -0.370. The molecule has 0 amide bonds. The molecule has 1 fully saturated rings. The van der Waals surface area contributed by atoms with Crippen LogP contribution in [0, 0.1) is 11.3 Å². The van der Waals surface area contributed by atoms with Gasteiger partial charge in [0.05, 0.1) is 0 Å². The molecule has 0 aromatic heterocycles. The molecule has 2 N–H and O–H groups in total. The van der Waals surface area contributed by atoms with Crippen LogP contribution in [0.3, 0.4) is 0 Å². The molecule has 0 aromatic rings. The summed E-state index contributed by atoms with van der Waals surface area (Å²) in [6, 6.07) is 0. The van der Waals surface area contributed by atoms with E-state index in [1.54, 1.807) is 0 Å². The van der Waals surface area contributed by atoms with Crippen molar-refractivity contribution in [3.8, 4) is 0 Å². The molecular weight excluding hydrogens is 198 g/mol. The average Bonchev–Trinajstić information content (AvgIpc) is 2.30. The first kappa shape index (κ1) is 13.7. The number of Topliss-reactive ketones (excluding diaryl/α,β-unsaturated/α-hetero) is 1. The topological polar surface area (TPSA) is 43.1 Å². The van der Waals surface area contributed by atoms with Gasteiger partial charge in [-0.05, 0) is 18.8 Å². The van der Waals surface area contributed by atoms with Crippen LogP contribution in [0.1, 0.15) is 65.2 Å². The zero-order valence-electron chi connectivity index (χ0n) is 10.9. The van der Waals surface area contributed by atoms with Crippen LogP contribution < -0.4 is 5.73 Å². The highest BCUT2D eigenvalue weighted by Gasteiger charge is 2.37. The Kier molecular flexibility index (Phi) is 5.47. The fourth-order valence-electron chi connectivity index (χ4n) is 2.95. The molecule has 2 heteroatoms. The Morgan fingerprint density at radius 2 is 1.94 bits per heavy atom. The summed E-state index contributed by atoms with van der Waals surface area (Å²) < 4.78 is 0. The van der Waals surface area contributed by atoms with Crippen LogP contribution in [0.2, 0.25) is 0 Å². The van der Waals surface area contributed by atoms with Gasteiger partial charge in [0.25, 0.3) is 0 Å². The summed E-state index contributed by atoms with van der Waals surface area (Å²) in [5, 5.41) is 0. The minimum atomic E-state index is -0.153. The fraction of sp³-hybridized carbons (Fsp3) is 0.929. The second-order valence-electron chi connectivity index (χ2n) is 5.57. The van der Waals surface area contributed by atoms with Gasteiger partial charge in [-0.3, -0.25) is 4.79 Å². The van der Waals surface area contributed by atoms with Crippen molar-refractivity contribution in [3.63, 3.8) is 0 Å². The van der Waals surface area contributed by atoms with Crippen molar-refractivity contribution in [2.24, 2.45) is 17.1 Å². The maximum atomic E-state index is 12.4. The van der Waals surface area contributed by atoms with Crippen molar-refractivity contribution in [1.82, 2.24) is 0 Å². The number of rotatable bonds is 6. The Labute approximate surface area is 100.0 Å². The minimum absolute atomic E-state index is 0.153. The van der Waals surface area contributed by atoms with Gasteiger partial charge in [0, 0.05) is 18.4 Å². The molecule has 1 saturated carbocycles. The summed E-state index contributed by atoms with van der Waals surface area (Å²) in [7, 11) is 0. The van der Waals surface area contributed by atoms with Crippen molar-refractivity contribution < 1.29 is 4.79 Å². The predicted molar refractivity (Wildman–Crippen MR) is 68.3 cm³/mol. The molecule has 0 aliphatic heterocycles. The number of carbonyl (C=O) groups is 1. The Morgan fingerprint density at radius 3 is 2.44 bits per heavy atom. The molecule has 0 heterocycles. The fourth-order valence-corrected chi connectivity index (χ4v) is 2.95. The van der Waals surface area contributed by atoms with Crippen molar-refractivity contribution >= 4 is 5.78 Å². The minimum Gasteiger partial charge on any atom is -0.329 e. The summed E-state index contributed by atoms with van der Waals surface area (Å²) in [5.74, 6) is 0.971. The van der Waals surface area contributed by atoms with E-state index in [2.05, 4.69) is 13.8 Å². The summed E-state index contributed by atoms with van der Waals surface area (Å²) in [6.45, 7) is 4.93. The summed E-state index contributed by atoms with van der Waals surface area (Å²) in [6.07, 6.45) is 8.78. The lowest BCUT2D eigenvalue weighted by molar-refractivity contribution is -0.131. The molecule has 1 unspecified atom stereocenters. The van der Waals surface area contributed by atoms with E-state index in [1.165, 1.54) is 25.7 Å². The second-order valence-corrected chi connectivity index (χ2v) is 5.57. The SMILES string of the molecule is CCCC(C)CC(=O)C1(CN)CCCCC1. The van der Waals surface area contributed by atoms with Gasteiger partial charge in [-0.2, -0.15) is 0 Å². The van der Waals surface area contributed by atoms with Crippen molar-refractivity contribution in [1.29, 1.82) is 0 Å². The van der Waals surface area contributed by atoms with E-state index < -0.39 is 0 Å². The number of ketones is 1. The molecule has 0 bridgehead atoms. The molecule has 0 spiro atoms. The van der Waals surface area contributed by atoms with Crippen LogP contribution in [-0.4, -0.2) is 12.3 Å². The van der Waals surface area contributed by atoms with E-state index in [0.717, 1.165) is 25.7 Å². The third-order valence-electron chi connectivity index (χ3n) is 4.11. The van der Waals surface area contributed by atoms with Gasteiger partial charge in [-0.1, -0.05) is 46.0 Å². The van der Waals surface area contributed by atoms with Crippen LogP contribution in [-0.2, 0) is 4.79 Å². The molecule has 1 aliphatic rings. The molecule has 0 radical (unpaired) electrons. The highest BCUT2D eigenvalue weighted by atomic mass is 16.1. The van der Waals surface area contributed by atoms with E-state index in [0.29, 0.717) is 18.2 Å². The second kappa shape index (κ2) is 6.39. The number of nitrogens with two attached hydrogens (primary N) is 1. The molecule has 0 saturated heterocycles. The van der Waals surface area contributed by atoms with Crippen LogP contribution in [0.15, 0.2) is 0 Å². The van der Waals surface area contributed by atoms with E-state index in [-0.39, 0.29) is 5.41 Å². The molecule has 1 atom stereocenters. The van der Waals surface area contributed by atoms with E-state index >= 15 is 0 Å². The summed E-state index contributed by atoms with van der Waals surface area (Å²) >= 11 is 0. The molecule has 1 aliphatic carbocycles. The van der Waals surface area contributed by atoms with Crippen LogP contribution in [0.5, 0.6) is 0 Å². The predicted octanol–water partition coefficient (Wildman–Crippen LogP) is 3.29. The largest absolute Gasteiger partial charge is 0.329 e. The smallest absolute Gasteiger partial charge is 0.140 e. The standard InChI is InChI=1S/C14H27NO/c1-3-7-12(2)10-13(16)14(11-15)8-5-4-6-9-14/h12H,3-11,15H2,1-2H3. The first-order chi connectivity index (χ1) is 7.64. The monoisotopic (exact) mass is 225 g/mol. The van der Waals surface area contributed by atoms with E-state index in [1.807, 2.05) is 0 Å². The zero-order chi connectivity index (χ0) is 12.0. The summed E-state index contributed by atoms with van der Waals surface area (Å²) in [5.41, 5.74) is 5.72. The highest BCUT2D eigenvalue weighted by Crippen LogP contribution is 2.38. The van der Waals surface area contributed by atoms with E-state index in [9.17, 15) is 4.79 Å². The zero-order valence-corrected chi connectivity index (χ0v) is 10.9. The van der Waals surface area contributed by atoms with Gasteiger partial charge in [0.2, 0.25) is 0 Å². The Morgan fingerprint density at radius 1 is 1.31 bits per heavy atom. The van der Waals surface area contributed by atoms with Gasteiger partial charge < -0.3 is 5.73 Å². The maximum absolute atomic E-state index is 12.4.